The van der Waals surface area contributed by atoms with Gasteiger partial charge in [-0.25, -0.2) is 8.42 Å². The van der Waals surface area contributed by atoms with Crippen LogP contribution in [0, 0.1) is 6.92 Å². The highest BCUT2D eigenvalue weighted by Crippen LogP contribution is 2.27. The number of rotatable bonds is 3. The normalized spacial score (nSPS) is 21.5. The zero-order chi connectivity index (χ0) is 14.0. The smallest absolute Gasteiger partial charge is 0.243 e. The van der Waals surface area contributed by atoms with Crippen LogP contribution in [0.5, 0.6) is 0 Å². The maximum Gasteiger partial charge on any atom is 0.243 e. The van der Waals surface area contributed by atoms with Gasteiger partial charge in [-0.05, 0) is 43.9 Å². The molecule has 19 heavy (non-hydrogen) atoms. The molecule has 5 heteroatoms. The number of nitrogens with zero attached hydrogens (tertiary/aromatic N) is 1. The van der Waals surface area contributed by atoms with Gasteiger partial charge < -0.3 is 5.73 Å². The zero-order valence-corrected chi connectivity index (χ0v) is 12.4. The van der Waals surface area contributed by atoms with E-state index in [4.69, 9.17) is 5.73 Å². The van der Waals surface area contributed by atoms with Gasteiger partial charge >= 0.3 is 0 Å². The lowest BCUT2D eigenvalue weighted by Gasteiger charge is -2.32. The highest BCUT2D eigenvalue weighted by molar-refractivity contribution is 7.89. The molecular weight excluding hydrogens is 260 g/mol. The van der Waals surface area contributed by atoms with Crippen LogP contribution in [0.15, 0.2) is 23.1 Å². The van der Waals surface area contributed by atoms with E-state index in [1.54, 1.807) is 16.4 Å². The van der Waals surface area contributed by atoms with Crippen molar-refractivity contribution in [2.75, 3.05) is 6.54 Å². The summed E-state index contributed by atoms with van der Waals surface area (Å²) in [6, 6.07) is 5.44. The average Bonchev–Trinajstić information content (AvgIpc) is 2.38. The van der Waals surface area contributed by atoms with E-state index in [0.29, 0.717) is 18.0 Å². The first-order chi connectivity index (χ1) is 8.96. The van der Waals surface area contributed by atoms with Crippen LogP contribution in [0.2, 0.25) is 0 Å². The number of piperidine rings is 1. The summed E-state index contributed by atoms with van der Waals surface area (Å²) in [6.45, 7) is 4.88. The molecule has 4 nitrogen and oxygen atoms in total. The Morgan fingerprint density at radius 2 is 2.11 bits per heavy atom. The molecule has 0 saturated carbocycles. The number of hydrogen-bond acceptors (Lipinski definition) is 3. The lowest BCUT2D eigenvalue weighted by atomic mass is 10.1. The second-order valence-corrected chi connectivity index (χ2v) is 7.12. The monoisotopic (exact) mass is 282 g/mol. The second kappa shape index (κ2) is 5.61. The molecule has 1 aliphatic heterocycles. The third-order valence-electron chi connectivity index (χ3n) is 3.80. The summed E-state index contributed by atoms with van der Waals surface area (Å²) < 4.78 is 27.1. The Kier molecular flexibility index (Phi) is 4.28. The van der Waals surface area contributed by atoms with Gasteiger partial charge in [-0.3, -0.25) is 0 Å². The molecule has 0 aliphatic carbocycles. The molecule has 0 radical (unpaired) electrons. The van der Waals surface area contributed by atoms with Crippen molar-refractivity contribution < 1.29 is 8.42 Å². The molecule has 0 amide bonds. The third kappa shape index (κ3) is 2.83. The summed E-state index contributed by atoms with van der Waals surface area (Å²) in [7, 11) is -3.37. The lowest BCUT2D eigenvalue weighted by Crippen LogP contribution is -2.42. The van der Waals surface area contributed by atoms with E-state index in [9.17, 15) is 8.42 Å². The van der Waals surface area contributed by atoms with Crippen LogP contribution >= 0.6 is 0 Å². The number of nitrogens with two attached hydrogens (primary N) is 1. The maximum atomic E-state index is 12.7. The van der Waals surface area contributed by atoms with Gasteiger partial charge in [0.1, 0.15) is 0 Å². The lowest BCUT2D eigenvalue weighted by molar-refractivity contribution is 0.268. The van der Waals surface area contributed by atoms with Crippen LogP contribution in [0.25, 0.3) is 0 Å². The standard InChI is InChI=1S/C14H22N2O2S/c1-11-9-13(10-15)6-7-14(11)19(17,18)16-8-4-3-5-12(16)2/h6-7,9,12H,3-5,8,10,15H2,1-2H3. The first-order valence-electron chi connectivity index (χ1n) is 6.78. The van der Waals surface area contributed by atoms with Crippen molar-refractivity contribution in [2.24, 2.45) is 5.73 Å². The average molecular weight is 282 g/mol. The minimum Gasteiger partial charge on any atom is -0.326 e. The summed E-state index contributed by atoms with van der Waals surface area (Å²) >= 11 is 0. The Bertz CT molecular complexity index is 555. The van der Waals surface area contributed by atoms with Crippen LogP contribution in [0.3, 0.4) is 0 Å². The Balaban J connectivity index is 2.38. The van der Waals surface area contributed by atoms with Gasteiger partial charge in [0.15, 0.2) is 0 Å². The Morgan fingerprint density at radius 1 is 1.37 bits per heavy atom. The first-order valence-corrected chi connectivity index (χ1v) is 8.22. The van der Waals surface area contributed by atoms with Crippen LogP contribution < -0.4 is 5.73 Å². The molecule has 0 spiro atoms. The Morgan fingerprint density at radius 3 is 2.68 bits per heavy atom. The van der Waals surface area contributed by atoms with Crippen molar-refractivity contribution >= 4 is 10.0 Å². The van der Waals surface area contributed by atoms with Crippen LogP contribution in [0.4, 0.5) is 0 Å². The van der Waals surface area contributed by atoms with Gasteiger partial charge in [0.2, 0.25) is 10.0 Å². The van der Waals surface area contributed by atoms with E-state index in [-0.39, 0.29) is 6.04 Å². The molecule has 1 atom stereocenters. The molecular formula is C14H22N2O2S. The quantitative estimate of drug-likeness (QED) is 0.922. The summed E-state index contributed by atoms with van der Waals surface area (Å²) in [6.07, 6.45) is 3.00. The zero-order valence-electron chi connectivity index (χ0n) is 11.6. The molecule has 2 rings (SSSR count). The van der Waals surface area contributed by atoms with Crippen molar-refractivity contribution in [3.05, 3.63) is 29.3 Å². The van der Waals surface area contributed by atoms with Crippen molar-refractivity contribution in [1.82, 2.24) is 4.31 Å². The van der Waals surface area contributed by atoms with E-state index in [2.05, 4.69) is 0 Å². The highest BCUT2D eigenvalue weighted by Gasteiger charge is 2.31. The number of aryl methyl sites for hydroxylation is 1. The van der Waals surface area contributed by atoms with Gasteiger partial charge in [-0.15, -0.1) is 0 Å². The summed E-state index contributed by atoms with van der Waals surface area (Å²) in [5, 5.41) is 0. The van der Waals surface area contributed by atoms with Crippen molar-refractivity contribution in [1.29, 1.82) is 0 Å². The van der Waals surface area contributed by atoms with Gasteiger partial charge in [-0.2, -0.15) is 4.31 Å². The SMILES string of the molecule is Cc1cc(CN)ccc1S(=O)(=O)N1CCCCC1C. The minimum atomic E-state index is -3.37. The summed E-state index contributed by atoms with van der Waals surface area (Å²) in [5.41, 5.74) is 7.32. The fourth-order valence-electron chi connectivity index (χ4n) is 2.68. The number of benzene rings is 1. The van der Waals surface area contributed by atoms with Crippen LogP contribution in [-0.2, 0) is 16.6 Å². The predicted molar refractivity (Wildman–Crippen MR) is 76.3 cm³/mol. The molecule has 0 aromatic heterocycles. The number of hydrogen-bond donors (Lipinski definition) is 1. The molecule has 106 valence electrons. The van der Waals surface area contributed by atoms with Gasteiger partial charge in [0.05, 0.1) is 4.90 Å². The molecule has 1 aliphatic rings. The molecule has 2 N–H and O–H groups in total. The topological polar surface area (TPSA) is 63.4 Å². The van der Waals surface area contributed by atoms with Crippen molar-refractivity contribution in [3.63, 3.8) is 0 Å². The van der Waals surface area contributed by atoms with Crippen molar-refractivity contribution in [2.45, 2.75) is 50.6 Å². The second-order valence-electron chi connectivity index (χ2n) is 5.26. The molecule has 1 aromatic rings. The van der Waals surface area contributed by atoms with Crippen LogP contribution in [0.1, 0.15) is 37.3 Å². The van der Waals surface area contributed by atoms with Gasteiger partial charge in [0.25, 0.3) is 0 Å². The van der Waals surface area contributed by atoms with E-state index < -0.39 is 10.0 Å². The first kappa shape index (κ1) is 14.5. The predicted octanol–water partition coefficient (Wildman–Crippen LogP) is 2.02. The maximum absolute atomic E-state index is 12.7. The molecule has 1 aromatic carbocycles. The summed E-state index contributed by atoms with van der Waals surface area (Å²) in [4.78, 5) is 0.415. The third-order valence-corrected chi connectivity index (χ3v) is 5.98. The van der Waals surface area contributed by atoms with Crippen molar-refractivity contribution in [3.8, 4) is 0 Å². The Labute approximate surface area is 115 Å². The molecule has 1 saturated heterocycles. The largest absolute Gasteiger partial charge is 0.326 e. The van der Waals surface area contributed by atoms with E-state index in [1.807, 2.05) is 19.9 Å². The molecule has 1 fully saturated rings. The van der Waals surface area contributed by atoms with E-state index in [0.717, 1.165) is 30.4 Å². The van der Waals surface area contributed by atoms with Crippen LogP contribution in [-0.4, -0.2) is 25.3 Å². The fraction of sp³-hybridized carbons (Fsp3) is 0.571. The number of sulfonamides is 1. The summed E-state index contributed by atoms with van der Waals surface area (Å²) in [5.74, 6) is 0. The molecule has 0 bridgehead atoms. The van der Waals surface area contributed by atoms with E-state index in [1.165, 1.54) is 0 Å². The molecule has 1 heterocycles. The Hall–Kier alpha value is -0.910. The van der Waals surface area contributed by atoms with Gasteiger partial charge in [-0.1, -0.05) is 18.6 Å². The molecule has 1 unspecified atom stereocenters. The minimum absolute atomic E-state index is 0.0901. The fourth-order valence-corrected chi connectivity index (χ4v) is 4.59. The van der Waals surface area contributed by atoms with Gasteiger partial charge in [0, 0.05) is 19.1 Å². The highest BCUT2D eigenvalue weighted by atomic mass is 32.2. The van der Waals surface area contributed by atoms with E-state index >= 15 is 0 Å².